The molecule has 26 heavy (non-hydrogen) atoms. The molecule has 2 aromatic carbocycles. The highest BCUT2D eigenvalue weighted by molar-refractivity contribution is 9.11. The Kier molecular flexibility index (Phi) is 8.54. The van der Waals surface area contributed by atoms with Gasteiger partial charge < -0.3 is 15.5 Å². The van der Waals surface area contributed by atoms with Crippen LogP contribution in [0.25, 0.3) is 10.9 Å². The van der Waals surface area contributed by atoms with Gasteiger partial charge >= 0.3 is 0 Å². The number of thiol groups is 1. The molecular weight excluding hydrogens is 480 g/mol. The second-order valence-corrected chi connectivity index (χ2v) is 7.64. The second-order valence-electron chi connectivity index (χ2n) is 5.49. The van der Waals surface area contributed by atoms with Gasteiger partial charge in [-0.1, -0.05) is 6.07 Å². The van der Waals surface area contributed by atoms with E-state index in [1.54, 1.807) is 6.07 Å². The molecule has 0 aliphatic rings. The summed E-state index contributed by atoms with van der Waals surface area (Å²) in [5.41, 5.74) is 7.09. The zero-order valence-electron chi connectivity index (χ0n) is 14.0. The van der Waals surface area contributed by atoms with E-state index in [-0.39, 0.29) is 5.56 Å². The molecule has 0 spiro atoms. The van der Waals surface area contributed by atoms with Gasteiger partial charge in [0.1, 0.15) is 5.75 Å². The number of hydrogen-bond acceptors (Lipinski definition) is 4. The minimum atomic E-state index is -0.0834. The van der Waals surface area contributed by atoms with E-state index in [0.29, 0.717) is 6.61 Å². The van der Waals surface area contributed by atoms with Crippen molar-refractivity contribution in [1.82, 2.24) is 4.98 Å². The normalized spacial score (nSPS) is 10.3. The van der Waals surface area contributed by atoms with Crippen LogP contribution in [-0.4, -0.2) is 17.3 Å². The Labute approximate surface area is 174 Å². The quantitative estimate of drug-likeness (QED) is 0.249. The fourth-order valence-corrected chi connectivity index (χ4v) is 3.36. The Hall–Kier alpha value is -1.44. The molecule has 0 aliphatic heterocycles. The Morgan fingerprint density at radius 3 is 2.42 bits per heavy atom. The Morgan fingerprint density at radius 2 is 1.77 bits per heavy atom. The number of halogens is 2. The van der Waals surface area contributed by atoms with Crippen molar-refractivity contribution in [3.8, 4) is 5.75 Å². The van der Waals surface area contributed by atoms with Gasteiger partial charge in [0.05, 0.1) is 12.3 Å². The summed E-state index contributed by atoms with van der Waals surface area (Å²) in [6, 6.07) is 14.7. The van der Waals surface area contributed by atoms with E-state index in [1.807, 2.05) is 36.4 Å². The van der Waals surface area contributed by atoms with Crippen LogP contribution in [0.4, 0.5) is 5.69 Å². The minimum absolute atomic E-state index is 0.0834. The number of nitrogen functional groups attached to an aromatic ring is 1. The number of rotatable bonds is 5. The molecule has 0 amide bonds. The van der Waals surface area contributed by atoms with Crippen molar-refractivity contribution in [2.75, 3.05) is 18.1 Å². The van der Waals surface area contributed by atoms with E-state index in [2.05, 4.69) is 49.5 Å². The van der Waals surface area contributed by atoms with Gasteiger partial charge in [0.25, 0.3) is 0 Å². The highest BCUT2D eigenvalue weighted by atomic mass is 79.9. The molecule has 3 N–H and O–H groups in total. The zero-order chi connectivity index (χ0) is 18.9. The van der Waals surface area contributed by atoms with E-state index >= 15 is 0 Å². The lowest BCUT2D eigenvalue weighted by molar-refractivity contribution is 0.310. The first-order valence-electron chi connectivity index (χ1n) is 8.07. The van der Waals surface area contributed by atoms with Crippen molar-refractivity contribution < 1.29 is 4.74 Å². The van der Waals surface area contributed by atoms with Gasteiger partial charge in [-0.3, -0.25) is 4.79 Å². The van der Waals surface area contributed by atoms with Crippen LogP contribution >= 0.6 is 44.5 Å². The number of unbranched alkanes of at least 4 members (excludes halogenated alkanes) is 1. The predicted molar refractivity (Wildman–Crippen MR) is 119 cm³/mol. The molecule has 1 heterocycles. The van der Waals surface area contributed by atoms with Crippen LogP contribution < -0.4 is 16.0 Å². The van der Waals surface area contributed by atoms with Crippen LogP contribution in [0.1, 0.15) is 12.8 Å². The molecule has 0 saturated carbocycles. The maximum Gasteiger partial charge on any atom is 0.248 e. The number of benzene rings is 2. The molecule has 0 unspecified atom stereocenters. The van der Waals surface area contributed by atoms with Crippen molar-refractivity contribution in [1.29, 1.82) is 0 Å². The summed E-state index contributed by atoms with van der Waals surface area (Å²) in [5.74, 6) is 1.73. The summed E-state index contributed by atoms with van der Waals surface area (Å²) >= 11 is 10.7. The number of nitrogens with two attached hydrogens (primary N) is 1. The van der Waals surface area contributed by atoms with E-state index in [0.717, 1.165) is 49.9 Å². The number of anilines is 1. The topological polar surface area (TPSA) is 68.1 Å². The van der Waals surface area contributed by atoms with E-state index in [1.165, 1.54) is 6.07 Å². The molecule has 0 radical (unpaired) electrons. The van der Waals surface area contributed by atoms with Crippen LogP contribution in [0.15, 0.2) is 62.3 Å². The maximum absolute atomic E-state index is 11.1. The summed E-state index contributed by atoms with van der Waals surface area (Å²) in [6.45, 7) is 0.704. The summed E-state index contributed by atoms with van der Waals surface area (Å²) in [7, 11) is 0. The van der Waals surface area contributed by atoms with Gasteiger partial charge in [-0.2, -0.15) is 12.6 Å². The van der Waals surface area contributed by atoms with Gasteiger partial charge in [-0.05, 0) is 86.9 Å². The second kappa shape index (κ2) is 10.6. The number of pyridine rings is 1. The fourth-order valence-electron chi connectivity index (χ4n) is 2.14. The number of hydrogen-bond donors (Lipinski definition) is 3. The standard InChI is InChI=1S/C13H15NO2S.C6H5Br2N/c15-13-6-3-10-9-11(4-5-12(10)14-13)16-7-1-2-8-17;7-4-2-1-3-5(8)6(4)9/h3-6,9,17H,1-2,7-8H2,(H,14,15);1-3H,9H2. The van der Waals surface area contributed by atoms with Gasteiger partial charge in [-0.25, -0.2) is 0 Å². The van der Waals surface area contributed by atoms with Crippen molar-refractivity contribution in [2.45, 2.75) is 12.8 Å². The maximum atomic E-state index is 11.1. The number of ether oxygens (including phenoxy) is 1. The summed E-state index contributed by atoms with van der Waals surface area (Å²) < 4.78 is 7.48. The molecule has 4 nitrogen and oxygen atoms in total. The molecule has 7 heteroatoms. The number of aromatic amines is 1. The monoisotopic (exact) mass is 498 g/mol. The third-order valence-corrected chi connectivity index (χ3v) is 5.22. The Bertz CT molecular complexity index is 895. The van der Waals surface area contributed by atoms with E-state index in [4.69, 9.17) is 10.5 Å². The van der Waals surface area contributed by atoms with Crippen molar-refractivity contribution in [3.63, 3.8) is 0 Å². The minimum Gasteiger partial charge on any atom is -0.494 e. The van der Waals surface area contributed by atoms with E-state index < -0.39 is 0 Å². The van der Waals surface area contributed by atoms with Crippen LogP contribution in [0.5, 0.6) is 5.75 Å². The van der Waals surface area contributed by atoms with Crippen LogP contribution in [-0.2, 0) is 0 Å². The number of nitrogens with one attached hydrogen (secondary N) is 1. The molecule has 138 valence electrons. The van der Waals surface area contributed by atoms with E-state index in [9.17, 15) is 4.79 Å². The van der Waals surface area contributed by atoms with Crippen LogP contribution in [0.3, 0.4) is 0 Å². The molecular formula is C19H20Br2N2O2S. The summed E-state index contributed by atoms with van der Waals surface area (Å²) in [6.07, 6.45) is 2.07. The largest absolute Gasteiger partial charge is 0.494 e. The third kappa shape index (κ3) is 6.37. The lowest BCUT2D eigenvalue weighted by Gasteiger charge is -2.06. The predicted octanol–water partition coefficient (Wildman–Crippen LogP) is 5.41. The first kappa shape index (κ1) is 20.9. The number of fused-ring (bicyclic) bond motifs is 1. The SMILES string of the molecule is Nc1c(Br)cccc1Br.O=c1ccc2cc(OCCCCS)ccc2[nH]1. The Morgan fingerprint density at radius 1 is 1.04 bits per heavy atom. The average molecular weight is 500 g/mol. The molecule has 3 aromatic rings. The van der Waals surface area contributed by atoms with Crippen LogP contribution in [0, 0.1) is 0 Å². The third-order valence-electron chi connectivity index (χ3n) is 3.52. The average Bonchev–Trinajstić information content (AvgIpc) is 2.64. The lowest BCUT2D eigenvalue weighted by Crippen LogP contribution is -2.02. The zero-order valence-corrected chi connectivity index (χ0v) is 18.1. The molecule has 1 aromatic heterocycles. The van der Waals surface area contributed by atoms with Gasteiger partial charge in [-0.15, -0.1) is 0 Å². The molecule has 0 aliphatic carbocycles. The molecule has 0 bridgehead atoms. The molecule has 0 atom stereocenters. The molecule has 0 fully saturated rings. The van der Waals surface area contributed by atoms with Gasteiger partial charge in [0.2, 0.25) is 5.56 Å². The molecule has 0 saturated heterocycles. The van der Waals surface area contributed by atoms with Crippen molar-refractivity contribution in [2.24, 2.45) is 0 Å². The molecule has 3 rings (SSSR count). The highest BCUT2D eigenvalue weighted by Crippen LogP contribution is 2.26. The summed E-state index contributed by atoms with van der Waals surface area (Å²) in [4.78, 5) is 13.9. The fraction of sp³-hybridized carbons (Fsp3) is 0.211. The Balaban J connectivity index is 0.000000228. The smallest absolute Gasteiger partial charge is 0.248 e. The van der Waals surface area contributed by atoms with Gasteiger partial charge in [0, 0.05) is 25.9 Å². The van der Waals surface area contributed by atoms with Crippen molar-refractivity contribution >= 4 is 61.1 Å². The lowest BCUT2D eigenvalue weighted by atomic mass is 10.2. The highest BCUT2D eigenvalue weighted by Gasteiger charge is 1.98. The first-order valence-corrected chi connectivity index (χ1v) is 10.3. The number of para-hydroxylation sites is 1. The first-order chi connectivity index (χ1) is 12.5. The van der Waals surface area contributed by atoms with Gasteiger partial charge in [0.15, 0.2) is 0 Å². The number of H-pyrrole nitrogens is 1. The van der Waals surface area contributed by atoms with Crippen molar-refractivity contribution in [3.05, 3.63) is 67.8 Å². The summed E-state index contributed by atoms with van der Waals surface area (Å²) in [5, 5.41) is 0.983. The number of aromatic nitrogens is 1. The van der Waals surface area contributed by atoms with Crippen LogP contribution in [0.2, 0.25) is 0 Å².